The van der Waals surface area contributed by atoms with Gasteiger partial charge < -0.3 is 10.6 Å². The Balaban J connectivity index is 2.00. The third kappa shape index (κ3) is 5.79. The van der Waals surface area contributed by atoms with Gasteiger partial charge in [0.15, 0.2) is 0 Å². The fourth-order valence-electron chi connectivity index (χ4n) is 2.69. The van der Waals surface area contributed by atoms with Crippen LogP contribution in [0.5, 0.6) is 0 Å². The second-order valence-corrected chi connectivity index (χ2v) is 8.43. The Morgan fingerprint density at radius 3 is 2.00 bits per heavy atom. The van der Waals surface area contributed by atoms with Gasteiger partial charge in [-0.3, -0.25) is 9.59 Å². The standard InChI is InChI=1S/C20H24ClN3O4S/c1-3-24(4-2)29(27,28)18-14-16(10-11-17(18)21)20(26)23-13-12-22-19(25)15-8-6-5-7-9-15/h5-11,14H,3-4,12-13H2,1-2H3,(H,22,25)(H,23,26). The Kier molecular flexibility index (Phi) is 8.19. The van der Waals surface area contributed by atoms with Crippen molar-refractivity contribution in [3.8, 4) is 0 Å². The average molecular weight is 438 g/mol. The zero-order valence-electron chi connectivity index (χ0n) is 16.3. The van der Waals surface area contributed by atoms with Gasteiger partial charge in [-0.2, -0.15) is 4.31 Å². The summed E-state index contributed by atoms with van der Waals surface area (Å²) in [6.07, 6.45) is 0. The highest BCUT2D eigenvalue weighted by molar-refractivity contribution is 7.89. The summed E-state index contributed by atoms with van der Waals surface area (Å²) >= 11 is 6.08. The van der Waals surface area contributed by atoms with E-state index < -0.39 is 15.9 Å². The lowest BCUT2D eigenvalue weighted by Gasteiger charge is -2.19. The largest absolute Gasteiger partial charge is 0.350 e. The van der Waals surface area contributed by atoms with Crippen LogP contribution < -0.4 is 10.6 Å². The molecule has 0 saturated carbocycles. The van der Waals surface area contributed by atoms with E-state index in [1.807, 2.05) is 6.07 Å². The molecule has 0 unspecified atom stereocenters. The molecule has 0 saturated heterocycles. The summed E-state index contributed by atoms with van der Waals surface area (Å²) in [5.41, 5.74) is 0.706. The monoisotopic (exact) mass is 437 g/mol. The van der Waals surface area contributed by atoms with E-state index in [-0.39, 0.29) is 34.5 Å². The van der Waals surface area contributed by atoms with E-state index in [1.54, 1.807) is 38.1 Å². The number of amides is 2. The number of sulfonamides is 1. The zero-order valence-corrected chi connectivity index (χ0v) is 17.9. The summed E-state index contributed by atoms with van der Waals surface area (Å²) in [5, 5.41) is 5.42. The molecule has 156 valence electrons. The van der Waals surface area contributed by atoms with Crippen LogP contribution in [-0.2, 0) is 10.0 Å². The van der Waals surface area contributed by atoms with E-state index in [9.17, 15) is 18.0 Å². The molecule has 9 heteroatoms. The van der Waals surface area contributed by atoms with E-state index in [0.717, 1.165) is 0 Å². The van der Waals surface area contributed by atoms with E-state index >= 15 is 0 Å². The van der Waals surface area contributed by atoms with Gasteiger partial charge in [0.2, 0.25) is 10.0 Å². The molecule has 29 heavy (non-hydrogen) atoms. The molecule has 0 aromatic heterocycles. The smallest absolute Gasteiger partial charge is 0.251 e. The molecule has 2 aromatic rings. The van der Waals surface area contributed by atoms with Gasteiger partial charge in [-0.15, -0.1) is 0 Å². The van der Waals surface area contributed by atoms with Crippen molar-refractivity contribution in [3.05, 3.63) is 64.7 Å². The van der Waals surface area contributed by atoms with Gasteiger partial charge in [-0.25, -0.2) is 8.42 Å². The molecule has 0 aliphatic rings. The van der Waals surface area contributed by atoms with Crippen molar-refractivity contribution in [2.75, 3.05) is 26.2 Å². The molecule has 2 amide bonds. The minimum absolute atomic E-state index is 0.0589. The van der Waals surface area contributed by atoms with Crippen LogP contribution in [0.15, 0.2) is 53.4 Å². The van der Waals surface area contributed by atoms with Crippen LogP contribution in [0.2, 0.25) is 5.02 Å². The van der Waals surface area contributed by atoms with Crippen LogP contribution in [0.1, 0.15) is 34.6 Å². The van der Waals surface area contributed by atoms with Crippen molar-refractivity contribution < 1.29 is 18.0 Å². The normalized spacial score (nSPS) is 11.3. The average Bonchev–Trinajstić information content (AvgIpc) is 2.72. The highest BCUT2D eigenvalue weighted by Gasteiger charge is 2.25. The van der Waals surface area contributed by atoms with Crippen LogP contribution in [0.4, 0.5) is 0 Å². The number of carbonyl (C=O) groups excluding carboxylic acids is 2. The van der Waals surface area contributed by atoms with Gasteiger partial charge in [0, 0.05) is 37.3 Å². The first kappa shape index (κ1) is 22.9. The van der Waals surface area contributed by atoms with Crippen molar-refractivity contribution in [1.82, 2.24) is 14.9 Å². The first-order valence-corrected chi connectivity index (χ1v) is 11.0. The Labute approximate surface area is 176 Å². The summed E-state index contributed by atoms with van der Waals surface area (Å²) < 4.78 is 26.7. The molecule has 2 aromatic carbocycles. The van der Waals surface area contributed by atoms with E-state index in [0.29, 0.717) is 18.7 Å². The minimum atomic E-state index is -3.79. The van der Waals surface area contributed by atoms with Gasteiger partial charge in [-0.1, -0.05) is 43.6 Å². The van der Waals surface area contributed by atoms with Gasteiger partial charge >= 0.3 is 0 Å². The molecule has 0 fully saturated rings. The number of nitrogens with zero attached hydrogens (tertiary/aromatic N) is 1. The SMILES string of the molecule is CCN(CC)S(=O)(=O)c1cc(C(=O)NCCNC(=O)c2ccccc2)ccc1Cl. The number of carbonyl (C=O) groups is 2. The summed E-state index contributed by atoms with van der Waals surface area (Å²) in [6.45, 7) is 4.49. The van der Waals surface area contributed by atoms with Crippen LogP contribution >= 0.6 is 11.6 Å². The molecular formula is C20H24ClN3O4S. The quantitative estimate of drug-likeness (QED) is 0.589. The molecular weight excluding hydrogens is 414 g/mol. The lowest BCUT2D eigenvalue weighted by Crippen LogP contribution is -2.35. The fourth-order valence-corrected chi connectivity index (χ4v) is 4.65. The van der Waals surface area contributed by atoms with Crippen LogP contribution in [-0.4, -0.2) is 50.7 Å². The van der Waals surface area contributed by atoms with Crippen molar-refractivity contribution in [2.45, 2.75) is 18.7 Å². The molecule has 0 heterocycles. The second-order valence-electron chi connectivity index (χ2n) is 6.11. The fraction of sp³-hybridized carbons (Fsp3) is 0.300. The maximum Gasteiger partial charge on any atom is 0.251 e. The van der Waals surface area contributed by atoms with E-state index in [1.165, 1.54) is 22.5 Å². The zero-order chi connectivity index (χ0) is 21.4. The maximum atomic E-state index is 12.7. The number of nitrogens with one attached hydrogen (secondary N) is 2. The molecule has 7 nitrogen and oxygen atoms in total. The highest BCUT2D eigenvalue weighted by atomic mass is 35.5. The first-order valence-electron chi connectivity index (χ1n) is 9.22. The Morgan fingerprint density at radius 1 is 0.897 bits per heavy atom. The Morgan fingerprint density at radius 2 is 1.45 bits per heavy atom. The first-order chi connectivity index (χ1) is 13.8. The van der Waals surface area contributed by atoms with Crippen LogP contribution in [0.25, 0.3) is 0 Å². The molecule has 0 aliphatic heterocycles. The second kappa shape index (κ2) is 10.4. The summed E-state index contributed by atoms with van der Waals surface area (Å²) in [4.78, 5) is 24.2. The van der Waals surface area contributed by atoms with E-state index in [4.69, 9.17) is 11.6 Å². The topological polar surface area (TPSA) is 95.6 Å². The predicted octanol–water partition coefficient (Wildman–Crippen LogP) is 2.53. The molecule has 0 spiro atoms. The third-order valence-corrected chi connectivity index (χ3v) is 6.78. The summed E-state index contributed by atoms with van der Waals surface area (Å²) in [6, 6.07) is 12.9. The Bertz CT molecular complexity index is 961. The molecule has 2 N–H and O–H groups in total. The number of hydrogen-bond acceptors (Lipinski definition) is 4. The van der Waals surface area contributed by atoms with Gasteiger partial charge in [0.25, 0.3) is 11.8 Å². The van der Waals surface area contributed by atoms with E-state index in [2.05, 4.69) is 10.6 Å². The summed E-state index contributed by atoms with van der Waals surface area (Å²) in [7, 11) is -3.79. The molecule has 0 radical (unpaired) electrons. The number of rotatable bonds is 9. The molecule has 2 rings (SSSR count). The molecule has 0 bridgehead atoms. The van der Waals surface area contributed by atoms with Crippen molar-refractivity contribution in [1.29, 1.82) is 0 Å². The van der Waals surface area contributed by atoms with Gasteiger partial charge in [0.1, 0.15) is 4.90 Å². The van der Waals surface area contributed by atoms with Crippen molar-refractivity contribution in [3.63, 3.8) is 0 Å². The highest BCUT2D eigenvalue weighted by Crippen LogP contribution is 2.25. The lowest BCUT2D eigenvalue weighted by atomic mass is 10.2. The third-order valence-electron chi connectivity index (χ3n) is 4.25. The van der Waals surface area contributed by atoms with Crippen LogP contribution in [0, 0.1) is 0 Å². The van der Waals surface area contributed by atoms with Crippen molar-refractivity contribution >= 4 is 33.4 Å². The molecule has 0 atom stereocenters. The van der Waals surface area contributed by atoms with Crippen molar-refractivity contribution in [2.24, 2.45) is 0 Å². The summed E-state index contributed by atoms with van der Waals surface area (Å²) in [5.74, 6) is -0.689. The Hall–Kier alpha value is -2.42. The van der Waals surface area contributed by atoms with Crippen LogP contribution in [0.3, 0.4) is 0 Å². The number of halogens is 1. The predicted molar refractivity (Wildman–Crippen MR) is 113 cm³/mol. The minimum Gasteiger partial charge on any atom is -0.350 e. The molecule has 0 aliphatic carbocycles. The van der Waals surface area contributed by atoms with Gasteiger partial charge in [0.05, 0.1) is 5.02 Å². The lowest BCUT2D eigenvalue weighted by molar-refractivity contribution is 0.0927. The number of benzene rings is 2. The van der Waals surface area contributed by atoms with Gasteiger partial charge in [-0.05, 0) is 30.3 Å². The maximum absolute atomic E-state index is 12.7. The number of hydrogen-bond donors (Lipinski definition) is 2.